The average Bonchev–Trinajstić information content (AvgIpc) is 3.18. The van der Waals surface area contributed by atoms with E-state index in [2.05, 4.69) is 12.1 Å². The first-order chi connectivity index (χ1) is 11.7. The number of carbonyl (C=O) groups excluding carboxylic acids is 1. The van der Waals surface area contributed by atoms with Gasteiger partial charge in [-0.1, -0.05) is 36.8 Å². The van der Waals surface area contributed by atoms with Gasteiger partial charge in [-0.3, -0.25) is 14.9 Å². The van der Waals surface area contributed by atoms with E-state index in [-0.39, 0.29) is 23.6 Å². The van der Waals surface area contributed by atoms with Gasteiger partial charge in [0.1, 0.15) is 0 Å². The van der Waals surface area contributed by atoms with Crippen molar-refractivity contribution in [3.8, 4) is 0 Å². The van der Waals surface area contributed by atoms with Gasteiger partial charge in [0.15, 0.2) is 0 Å². The van der Waals surface area contributed by atoms with Crippen molar-refractivity contribution in [3.05, 3.63) is 70.3 Å². The van der Waals surface area contributed by atoms with Gasteiger partial charge < -0.3 is 4.90 Å². The van der Waals surface area contributed by atoms with Crippen LogP contribution in [0.5, 0.6) is 0 Å². The molecule has 0 radical (unpaired) electrons. The molecule has 1 heterocycles. The molecule has 1 saturated carbocycles. The zero-order valence-corrected chi connectivity index (χ0v) is 13.2. The Bertz CT molecular complexity index is 773. The summed E-state index contributed by atoms with van der Waals surface area (Å²) >= 11 is 0. The van der Waals surface area contributed by atoms with Crippen LogP contribution in [0.4, 0.5) is 11.4 Å². The lowest BCUT2D eigenvalue weighted by atomic mass is 9.89. The van der Waals surface area contributed by atoms with Crippen molar-refractivity contribution in [1.82, 2.24) is 0 Å². The summed E-state index contributed by atoms with van der Waals surface area (Å²) < 4.78 is 0. The third-order valence-corrected chi connectivity index (χ3v) is 5.29. The molecular weight excluding hydrogens is 304 g/mol. The lowest BCUT2D eigenvalue weighted by Gasteiger charge is -2.28. The van der Waals surface area contributed by atoms with Gasteiger partial charge in [-0.25, -0.2) is 0 Å². The first-order valence-electron chi connectivity index (χ1n) is 8.29. The number of carbonyl (C=O) groups is 1. The molecule has 1 aliphatic carbocycles. The molecule has 1 amide bonds. The number of anilines is 1. The number of hydrogen-bond donors (Lipinski definition) is 0. The van der Waals surface area contributed by atoms with Crippen LogP contribution in [-0.2, 0) is 4.79 Å². The molecule has 0 aromatic heterocycles. The van der Waals surface area contributed by atoms with Crippen LogP contribution in [0.15, 0.2) is 54.6 Å². The Balaban J connectivity index is 1.76. The van der Waals surface area contributed by atoms with E-state index in [0.29, 0.717) is 5.92 Å². The Morgan fingerprint density at radius 3 is 2.38 bits per heavy atom. The van der Waals surface area contributed by atoms with E-state index in [1.807, 2.05) is 23.1 Å². The fourth-order valence-corrected chi connectivity index (χ4v) is 4.25. The fourth-order valence-electron chi connectivity index (χ4n) is 4.25. The van der Waals surface area contributed by atoms with Crippen LogP contribution in [0.3, 0.4) is 0 Å². The molecule has 1 aliphatic heterocycles. The van der Waals surface area contributed by atoms with E-state index in [9.17, 15) is 14.9 Å². The Kier molecular flexibility index (Phi) is 3.56. The number of non-ortho nitro benzene ring substituents is 1. The number of nitro benzene ring substituents is 1. The number of nitro groups is 1. The Labute approximate surface area is 140 Å². The van der Waals surface area contributed by atoms with Crippen LogP contribution >= 0.6 is 0 Å². The van der Waals surface area contributed by atoms with Crippen molar-refractivity contribution in [2.45, 2.75) is 25.3 Å². The minimum atomic E-state index is -0.418. The molecule has 3 atom stereocenters. The van der Waals surface area contributed by atoms with Gasteiger partial charge in [-0.05, 0) is 36.5 Å². The second-order valence-corrected chi connectivity index (χ2v) is 6.54. The maximum atomic E-state index is 13.0. The summed E-state index contributed by atoms with van der Waals surface area (Å²) in [5.74, 6) is 0.556. The van der Waals surface area contributed by atoms with Gasteiger partial charge in [0.05, 0.1) is 11.0 Å². The third-order valence-electron chi connectivity index (χ3n) is 5.29. The lowest BCUT2D eigenvalue weighted by Crippen LogP contribution is -2.30. The summed E-state index contributed by atoms with van der Waals surface area (Å²) in [7, 11) is 0. The van der Waals surface area contributed by atoms with Gasteiger partial charge >= 0.3 is 0 Å². The average molecular weight is 322 g/mol. The number of rotatable bonds is 3. The Morgan fingerprint density at radius 2 is 1.71 bits per heavy atom. The minimum absolute atomic E-state index is 0.0210. The van der Waals surface area contributed by atoms with E-state index >= 15 is 0 Å². The Hall–Kier alpha value is -2.69. The molecule has 0 N–H and O–H groups in total. The number of amides is 1. The lowest BCUT2D eigenvalue weighted by molar-refractivity contribution is -0.384. The number of benzene rings is 2. The van der Waals surface area contributed by atoms with Gasteiger partial charge in [0, 0.05) is 23.7 Å². The SMILES string of the molecule is O=C1C2CCCC2C(c2ccccc2)N1c1ccc([N+](=O)[O-])cc1. The van der Waals surface area contributed by atoms with Crippen LogP contribution in [0.1, 0.15) is 30.9 Å². The standard InChI is InChI=1S/C19H18N2O3/c22-19-17-8-4-7-16(17)18(13-5-2-1-3-6-13)20(19)14-9-11-15(12-10-14)21(23)24/h1-3,5-6,9-12,16-18H,4,7-8H2. The summed E-state index contributed by atoms with van der Waals surface area (Å²) in [5, 5.41) is 10.9. The highest BCUT2D eigenvalue weighted by Gasteiger charge is 2.50. The first kappa shape index (κ1) is 14.9. The largest absolute Gasteiger partial charge is 0.304 e. The minimum Gasteiger partial charge on any atom is -0.304 e. The molecule has 0 spiro atoms. The van der Waals surface area contributed by atoms with Crippen molar-refractivity contribution < 1.29 is 9.72 Å². The molecule has 4 rings (SSSR count). The topological polar surface area (TPSA) is 63.5 Å². The molecule has 0 bridgehead atoms. The third kappa shape index (κ3) is 2.28. The predicted molar refractivity (Wildman–Crippen MR) is 90.6 cm³/mol. The van der Waals surface area contributed by atoms with E-state index in [0.717, 1.165) is 30.5 Å². The smallest absolute Gasteiger partial charge is 0.269 e. The second kappa shape index (κ2) is 5.74. The summed E-state index contributed by atoms with van der Waals surface area (Å²) in [4.78, 5) is 25.3. The van der Waals surface area contributed by atoms with Crippen LogP contribution in [0, 0.1) is 22.0 Å². The molecule has 5 nitrogen and oxygen atoms in total. The van der Waals surface area contributed by atoms with Gasteiger partial charge in [-0.15, -0.1) is 0 Å². The van der Waals surface area contributed by atoms with Crippen molar-refractivity contribution in [2.75, 3.05) is 4.90 Å². The maximum Gasteiger partial charge on any atom is 0.269 e. The van der Waals surface area contributed by atoms with Crippen LogP contribution in [0.25, 0.3) is 0 Å². The first-order valence-corrected chi connectivity index (χ1v) is 8.29. The summed E-state index contributed by atoms with van der Waals surface area (Å²) in [6, 6.07) is 16.4. The van der Waals surface area contributed by atoms with Crippen LogP contribution in [0.2, 0.25) is 0 Å². The number of fused-ring (bicyclic) bond motifs is 1. The molecule has 5 heteroatoms. The van der Waals surface area contributed by atoms with E-state index < -0.39 is 4.92 Å². The monoisotopic (exact) mass is 322 g/mol. The van der Waals surface area contributed by atoms with Crippen molar-refractivity contribution in [3.63, 3.8) is 0 Å². The quantitative estimate of drug-likeness (QED) is 0.631. The van der Waals surface area contributed by atoms with E-state index in [4.69, 9.17) is 0 Å². The van der Waals surface area contributed by atoms with Gasteiger partial charge in [0.2, 0.25) is 5.91 Å². The summed E-state index contributed by atoms with van der Waals surface area (Å²) in [5.41, 5.74) is 1.93. The number of hydrogen-bond acceptors (Lipinski definition) is 3. The number of nitrogens with zero attached hydrogens (tertiary/aromatic N) is 2. The second-order valence-electron chi connectivity index (χ2n) is 6.54. The predicted octanol–water partition coefficient (Wildman–Crippen LogP) is 4.10. The molecule has 24 heavy (non-hydrogen) atoms. The zero-order valence-electron chi connectivity index (χ0n) is 13.2. The van der Waals surface area contributed by atoms with E-state index in [1.165, 1.54) is 12.1 Å². The molecule has 1 saturated heterocycles. The molecule has 2 aromatic rings. The van der Waals surface area contributed by atoms with Crippen molar-refractivity contribution >= 4 is 17.3 Å². The highest BCUT2D eigenvalue weighted by Crippen LogP contribution is 2.51. The summed E-state index contributed by atoms with van der Waals surface area (Å²) in [6.07, 6.45) is 3.09. The van der Waals surface area contributed by atoms with Gasteiger partial charge in [-0.2, -0.15) is 0 Å². The molecular formula is C19H18N2O3. The van der Waals surface area contributed by atoms with Crippen LogP contribution in [-0.4, -0.2) is 10.8 Å². The van der Waals surface area contributed by atoms with Crippen molar-refractivity contribution in [2.24, 2.45) is 11.8 Å². The molecule has 2 fully saturated rings. The zero-order chi connectivity index (χ0) is 16.7. The normalized spacial score (nSPS) is 25.8. The summed E-state index contributed by atoms with van der Waals surface area (Å²) in [6.45, 7) is 0. The Morgan fingerprint density at radius 1 is 1.00 bits per heavy atom. The van der Waals surface area contributed by atoms with E-state index in [1.54, 1.807) is 12.1 Å². The molecule has 2 aliphatic rings. The highest BCUT2D eigenvalue weighted by molar-refractivity contribution is 5.99. The molecule has 3 unspecified atom stereocenters. The van der Waals surface area contributed by atoms with Crippen LogP contribution < -0.4 is 4.90 Å². The highest BCUT2D eigenvalue weighted by atomic mass is 16.6. The van der Waals surface area contributed by atoms with Crippen molar-refractivity contribution in [1.29, 1.82) is 0 Å². The maximum absolute atomic E-state index is 13.0. The fraction of sp³-hybridized carbons (Fsp3) is 0.316. The molecule has 2 aromatic carbocycles. The van der Waals surface area contributed by atoms with Gasteiger partial charge in [0.25, 0.3) is 5.69 Å². The molecule has 122 valence electrons.